The Labute approximate surface area is 103 Å². The number of halogens is 7. The Morgan fingerprint density at radius 1 is 1.05 bits per heavy atom. The van der Waals surface area contributed by atoms with Crippen molar-refractivity contribution in [2.75, 3.05) is 13.2 Å². The van der Waals surface area contributed by atoms with Crippen LogP contribution < -0.4 is 10.2 Å². The van der Waals surface area contributed by atoms with Crippen LogP contribution in [0.2, 0.25) is 0 Å². The first kappa shape index (κ1) is 15.6. The van der Waals surface area contributed by atoms with Crippen molar-refractivity contribution in [3.8, 4) is 5.75 Å². The Bertz CT molecular complexity index is 430. The predicted octanol–water partition coefficient (Wildman–Crippen LogP) is 2.80. The minimum absolute atomic E-state index is 0.392. The number of hydrogen-bond donors (Lipinski definition) is 0. The Morgan fingerprint density at radius 3 is 2.21 bits per heavy atom. The first-order chi connectivity index (χ1) is 8.59. The molecule has 0 spiro atoms. The standard InChI is InChI=1S/C9H7BF7O2/c11-7-2-1-6(10(15,16)17)5-8(7)18-3-4-19-9(12,13)14/h1-2,5H,3-4H2/q-1. The molecule has 1 aromatic carbocycles. The van der Waals surface area contributed by atoms with Crippen LogP contribution in [0.15, 0.2) is 18.2 Å². The van der Waals surface area contributed by atoms with Crippen LogP contribution in [0.1, 0.15) is 0 Å². The van der Waals surface area contributed by atoms with E-state index in [0.29, 0.717) is 18.2 Å². The fourth-order valence-corrected chi connectivity index (χ4v) is 1.14. The average molecular weight is 291 g/mol. The van der Waals surface area contributed by atoms with Gasteiger partial charge in [-0.1, -0.05) is 6.07 Å². The van der Waals surface area contributed by atoms with Gasteiger partial charge in [-0.05, 0) is 12.1 Å². The summed E-state index contributed by atoms with van der Waals surface area (Å²) in [5, 5.41) is 0. The van der Waals surface area contributed by atoms with E-state index in [0.717, 1.165) is 0 Å². The molecule has 0 saturated carbocycles. The third kappa shape index (κ3) is 5.37. The smallest absolute Gasteiger partial charge is 0.488 e. The van der Waals surface area contributed by atoms with Crippen molar-refractivity contribution in [2.45, 2.75) is 6.36 Å². The molecule has 0 saturated heterocycles. The number of rotatable bonds is 5. The van der Waals surface area contributed by atoms with Crippen LogP contribution in [-0.4, -0.2) is 26.6 Å². The molecule has 0 amide bonds. The highest BCUT2D eigenvalue weighted by Crippen LogP contribution is 2.19. The van der Waals surface area contributed by atoms with Crippen molar-refractivity contribution in [3.05, 3.63) is 24.0 Å². The molecular formula is C9H7BF7O2-. The predicted molar refractivity (Wildman–Crippen MR) is 52.6 cm³/mol. The molecule has 0 aromatic heterocycles. The lowest BCUT2D eigenvalue weighted by Crippen LogP contribution is -2.34. The maximum absolute atomic E-state index is 13.1. The van der Waals surface area contributed by atoms with Gasteiger partial charge in [-0.3, -0.25) is 4.74 Å². The lowest BCUT2D eigenvalue weighted by Gasteiger charge is -2.16. The average Bonchev–Trinajstić information content (AvgIpc) is 2.23. The largest absolute Gasteiger partial charge is 0.522 e. The summed E-state index contributed by atoms with van der Waals surface area (Å²) in [6, 6.07) is 1.45. The third-order valence-corrected chi connectivity index (χ3v) is 1.94. The highest BCUT2D eigenvalue weighted by Gasteiger charge is 2.29. The quantitative estimate of drug-likeness (QED) is 0.472. The highest BCUT2D eigenvalue weighted by atomic mass is 19.4. The molecule has 0 atom stereocenters. The van der Waals surface area contributed by atoms with Crippen molar-refractivity contribution in [1.82, 2.24) is 0 Å². The van der Waals surface area contributed by atoms with Gasteiger partial charge in [-0.2, -0.15) is 0 Å². The summed E-state index contributed by atoms with van der Waals surface area (Å²) < 4.78 is 92.7. The van der Waals surface area contributed by atoms with Gasteiger partial charge in [0, 0.05) is 0 Å². The fourth-order valence-electron chi connectivity index (χ4n) is 1.14. The second-order valence-corrected chi connectivity index (χ2v) is 3.41. The first-order valence-corrected chi connectivity index (χ1v) is 4.92. The SMILES string of the molecule is Fc1ccc([B-](F)(F)F)cc1OCCOC(F)(F)F. The fraction of sp³-hybridized carbons (Fsp3) is 0.333. The molecule has 1 rings (SSSR count). The van der Waals surface area contributed by atoms with Crippen LogP contribution in [-0.2, 0) is 4.74 Å². The Morgan fingerprint density at radius 2 is 1.68 bits per heavy atom. The number of alkyl halides is 3. The molecule has 0 aliphatic carbocycles. The van der Waals surface area contributed by atoms with E-state index in [1.165, 1.54) is 0 Å². The molecule has 0 radical (unpaired) electrons. The molecule has 108 valence electrons. The van der Waals surface area contributed by atoms with E-state index in [1.54, 1.807) is 0 Å². The topological polar surface area (TPSA) is 18.5 Å². The van der Waals surface area contributed by atoms with Crippen molar-refractivity contribution in [1.29, 1.82) is 0 Å². The molecule has 2 nitrogen and oxygen atoms in total. The van der Waals surface area contributed by atoms with Crippen LogP contribution in [0.25, 0.3) is 0 Å². The molecule has 0 heterocycles. The summed E-state index contributed by atoms with van der Waals surface area (Å²) in [6.45, 7) is -7.03. The minimum atomic E-state index is -5.34. The lowest BCUT2D eigenvalue weighted by atomic mass is 9.80. The molecule has 0 aliphatic heterocycles. The van der Waals surface area contributed by atoms with Gasteiger partial charge < -0.3 is 17.7 Å². The lowest BCUT2D eigenvalue weighted by molar-refractivity contribution is -0.325. The number of benzene rings is 1. The molecule has 10 heteroatoms. The first-order valence-electron chi connectivity index (χ1n) is 4.92. The molecule has 0 bridgehead atoms. The number of ether oxygens (including phenoxy) is 2. The van der Waals surface area contributed by atoms with Crippen LogP contribution in [0.3, 0.4) is 0 Å². The second kappa shape index (κ2) is 5.68. The second-order valence-electron chi connectivity index (χ2n) is 3.41. The van der Waals surface area contributed by atoms with Gasteiger partial charge in [0.15, 0.2) is 11.6 Å². The summed E-state index contributed by atoms with van der Waals surface area (Å²) in [5.41, 5.74) is -1.10. The Kier molecular flexibility index (Phi) is 4.67. The summed E-state index contributed by atoms with van der Waals surface area (Å²) in [4.78, 5) is 0. The van der Waals surface area contributed by atoms with Crippen molar-refractivity contribution < 1.29 is 40.0 Å². The van der Waals surface area contributed by atoms with E-state index in [-0.39, 0.29) is 0 Å². The van der Waals surface area contributed by atoms with E-state index in [1.807, 2.05) is 0 Å². The molecular weight excluding hydrogens is 284 g/mol. The van der Waals surface area contributed by atoms with E-state index in [4.69, 9.17) is 0 Å². The highest BCUT2D eigenvalue weighted by molar-refractivity contribution is 6.73. The van der Waals surface area contributed by atoms with E-state index < -0.39 is 43.6 Å². The van der Waals surface area contributed by atoms with Gasteiger partial charge in [-0.15, -0.1) is 18.6 Å². The molecule has 0 N–H and O–H groups in total. The van der Waals surface area contributed by atoms with E-state index in [2.05, 4.69) is 9.47 Å². The van der Waals surface area contributed by atoms with E-state index >= 15 is 0 Å². The van der Waals surface area contributed by atoms with Crippen molar-refractivity contribution >= 4 is 12.4 Å². The van der Waals surface area contributed by atoms with Crippen LogP contribution in [0.4, 0.5) is 30.5 Å². The third-order valence-electron chi connectivity index (χ3n) is 1.94. The van der Waals surface area contributed by atoms with Gasteiger partial charge in [0.2, 0.25) is 0 Å². The zero-order valence-corrected chi connectivity index (χ0v) is 9.19. The summed E-state index contributed by atoms with van der Waals surface area (Å²) >= 11 is 0. The van der Waals surface area contributed by atoms with Crippen molar-refractivity contribution in [2.24, 2.45) is 0 Å². The van der Waals surface area contributed by atoms with Gasteiger partial charge in [0.1, 0.15) is 6.61 Å². The van der Waals surface area contributed by atoms with Gasteiger partial charge in [-0.25, -0.2) is 4.39 Å². The zero-order valence-electron chi connectivity index (χ0n) is 9.19. The molecule has 0 aliphatic rings. The maximum atomic E-state index is 13.1. The van der Waals surface area contributed by atoms with E-state index in [9.17, 15) is 30.5 Å². The summed E-state index contributed by atoms with van der Waals surface area (Å²) in [5.74, 6) is -1.88. The Hall–Kier alpha value is -1.45. The molecule has 0 fully saturated rings. The number of hydrogen-bond acceptors (Lipinski definition) is 2. The normalized spacial score (nSPS) is 12.6. The Balaban J connectivity index is 2.63. The van der Waals surface area contributed by atoms with Crippen molar-refractivity contribution in [3.63, 3.8) is 0 Å². The summed E-state index contributed by atoms with van der Waals surface area (Å²) in [6.07, 6.45) is -4.88. The molecule has 19 heavy (non-hydrogen) atoms. The minimum Gasteiger partial charge on any atom is -0.488 e. The monoisotopic (exact) mass is 291 g/mol. The maximum Gasteiger partial charge on any atom is 0.522 e. The van der Waals surface area contributed by atoms with Gasteiger partial charge in [0.05, 0.1) is 6.61 Å². The van der Waals surface area contributed by atoms with Gasteiger partial charge in [0.25, 0.3) is 0 Å². The van der Waals surface area contributed by atoms with Gasteiger partial charge >= 0.3 is 13.3 Å². The molecule has 0 unspecified atom stereocenters. The van der Waals surface area contributed by atoms with Crippen LogP contribution >= 0.6 is 0 Å². The summed E-state index contributed by atoms with van der Waals surface area (Å²) in [7, 11) is 0. The van der Waals surface area contributed by atoms with Crippen LogP contribution in [0.5, 0.6) is 5.75 Å². The zero-order chi connectivity index (χ0) is 14.7. The molecule has 1 aromatic rings. The van der Waals surface area contributed by atoms with Crippen LogP contribution in [0, 0.1) is 5.82 Å².